The van der Waals surface area contributed by atoms with Crippen LogP contribution in [0.4, 0.5) is 0 Å². The van der Waals surface area contributed by atoms with E-state index in [1.807, 2.05) is 54.6 Å². The number of rotatable bonds is 3. The summed E-state index contributed by atoms with van der Waals surface area (Å²) in [7, 11) is 1.62. The molecule has 5 heteroatoms. The van der Waals surface area contributed by atoms with Crippen LogP contribution in [0.2, 0.25) is 0 Å². The second-order valence-electron chi connectivity index (χ2n) is 5.53. The van der Waals surface area contributed by atoms with E-state index in [2.05, 4.69) is 10.1 Å². The zero-order chi connectivity index (χ0) is 17.2. The molecule has 0 saturated heterocycles. The summed E-state index contributed by atoms with van der Waals surface area (Å²) in [5.41, 5.74) is 2.64. The lowest BCUT2D eigenvalue weighted by Gasteiger charge is -2.11. The zero-order valence-electron chi connectivity index (χ0n) is 13.6. The fourth-order valence-corrected chi connectivity index (χ4v) is 2.76. The van der Waals surface area contributed by atoms with Gasteiger partial charge < -0.3 is 4.74 Å². The Balaban J connectivity index is 2.03. The monoisotopic (exact) mass is 329 g/mol. The van der Waals surface area contributed by atoms with Gasteiger partial charge in [-0.25, -0.2) is 0 Å². The van der Waals surface area contributed by atoms with Crippen LogP contribution >= 0.6 is 0 Å². The van der Waals surface area contributed by atoms with Gasteiger partial charge in [0.25, 0.3) is 5.56 Å². The van der Waals surface area contributed by atoms with Gasteiger partial charge in [0.2, 0.25) is 0 Å². The lowest BCUT2D eigenvalue weighted by Crippen LogP contribution is -2.22. The maximum Gasteiger partial charge on any atom is 0.280 e. The minimum atomic E-state index is -0.188. The zero-order valence-corrected chi connectivity index (χ0v) is 13.6. The van der Waals surface area contributed by atoms with Crippen molar-refractivity contribution >= 4 is 10.9 Å². The lowest BCUT2D eigenvalue weighted by atomic mass is 10.1. The van der Waals surface area contributed by atoms with Crippen molar-refractivity contribution in [3.8, 4) is 22.7 Å². The molecule has 0 aliphatic heterocycles. The van der Waals surface area contributed by atoms with Crippen molar-refractivity contribution in [2.45, 2.75) is 0 Å². The van der Waals surface area contributed by atoms with Crippen molar-refractivity contribution in [3.63, 3.8) is 0 Å². The number of nitrogens with zero attached hydrogens (tertiary/aromatic N) is 3. The number of benzene rings is 2. The van der Waals surface area contributed by atoms with Crippen LogP contribution in [0.25, 0.3) is 27.8 Å². The predicted octanol–water partition coefficient (Wildman–Crippen LogP) is 3.46. The summed E-state index contributed by atoms with van der Waals surface area (Å²) in [5, 5.41) is 5.13. The van der Waals surface area contributed by atoms with E-state index in [1.54, 1.807) is 25.4 Å². The highest BCUT2D eigenvalue weighted by Crippen LogP contribution is 2.25. The molecule has 2 heterocycles. The number of fused-ring (bicyclic) bond motifs is 1. The summed E-state index contributed by atoms with van der Waals surface area (Å²) >= 11 is 0. The van der Waals surface area contributed by atoms with Gasteiger partial charge in [-0.1, -0.05) is 18.2 Å². The highest BCUT2D eigenvalue weighted by Gasteiger charge is 2.14. The maximum atomic E-state index is 12.9. The Morgan fingerprint density at radius 3 is 2.40 bits per heavy atom. The number of methoxy groups -OCH3 is 1. The lowest BCUT2D eigenvalue weighted by molar-refractivity contribution is 0.415. The average Bonchev–Trinajstić information content (AvgIpc) is 2.69. The second kappa shape index (κ2) is 6.20. The van der Waals surface area contributed by atoms with E-state index in [4.69, 9.17) is 4.74 Å². The SMILES string of the molecule is COc1ccc(-c2nn(-c3ccccc3)c(=O)c3cccnc23)cc1. The van der Waals surface area contributed by atoms with E-state index >= 15 is 0 Å². The summed E-state index contributed by atoms with van der Waals surface area (Å²) in [5.74, 6) is 0.761. The van der Waals surface area contributed by atoms with Crippen LogP contribution in [0.15, 0.2) is 77.7 Å². The molecule has 0 aliphatic rings. The van der Waals surface area contributed by atoms with Crippen molar-refractivity contribution in [2.24, 2.45) is 0 Å². The molecule has 0 unspecified atom stereocenters. The van der Waals surface area contributed by atoms with E-state index in [0.717, 1.165) is 11.3 Å². The second-order valence-corrected chi connectivity index (χ2v) is 5.53. The molecule has 0 bridgehead atoms. The number of hydrogen-bond acceptors (Lipinski definition) is 4. The van der Waals surface area contributed by atoms with Crippen LogP contribution in [-0.4, -0.2) is 21.9 Å². The molecule has 0 fully saturated rings. The third-order valence-corrected chi connectivity index (χ3v) is 4.02. The topological polar surface area (TPSA) is 57.0 Å². The molecule has 4 rings (SSSR count). The third kappa shape index (κ3) is 2.65. The van der Waals surface area contributed by atoms with Gasteiger partial charge in [-0.2, -0.15) is 9.78 Å². The first kappa shape index (κ1) is 15.1. The standard InChI is InChI=1S/C20H15N3O2/c1-25-16-11-9-14(10-12-16)18-19-17(8-5-13-21-19)20(24)23(22-18)15-6-3-2-4-7-15/h2-13H,1H3. The Hall–Kier alpha value is -3.47. The van der Waals surface area contributed by atoms with Crippen molar-refractivity contribution in [2.75, 3.05) is 7.11 Å². The number of para-hydroxylation sites is 1. The summed E-state index contributed by atoms with van der Waals surface area (Å²) in [6.07, 6.45) is 1.67. The van der Waals surface area contributed by atoms with Crippen LogP contribution in [0.1, 0.15) is 0 Å². The van der Waals surface area contributed by atoms with Gasteiger partial charge in [0.05, 0.1) is 18.2 Å². The van der Waals surface area contributed by atoms with Crippen LogP contribution in [-0.2, 0) is 0 Å². The summed E-state index contributed by atoms with van der Waals surface area (Å²) in [6.45, 7) is 0. The molecular formula is C20H15N3O2. The molecule has 0 saturated carbocycles. The van der Waals surface area contributed by atoms with Gasteiger partial charge in [0.1, 0.15) is 17.0 Å². The molecule has 0 atom stereocenters. The maximum absolute atomic E-state index is 12.9. The highest BCUT2D eigenvalue weighted by atomic mass is 16.5. The first-order chi connectivity index (χ1) is 12.3. The quantitative estimate of drug-likeness (QED) is 0.577. The third-order valence-electron chi connectivity index (χ3n) is 4.02. The molecule has 2 aromatic heterocycles. The van der Waals surface area contributed by atoms with Gasteiger partial charge in [-0.3, -0.25) is 9.78 Å². The van der Waals surface area contributed by atoms with Crippen molar-refractivity contribution in [1.82, 2.24) is 14.8 Å². The molecular weight excluding hydrogens is 314 g/mol. The van der Waals surface area contributed by atoms with Crippen LogP contribution in [0.5, 0.6) is 5.75 Å². The Bertz CT molecular complexity index is 1090. The van der Waals surface area contributed by atoms with E-state index in [0.29, 0.717) is 22.3 Å². The molecule has 25 heavy (non-hydrogen) atoms. The molecule has 2 aromatic carbocycles. The minimum Gasteiger partial charge on any atom is -0.497 e. The van der Waals surface area contributed by atoms with Crippen LogP contribution in [0.3, 0.4) is 0 Å². The average molecular weight is 329 g/mol. The number of aromatic nitrogens is 3. The minimum absolute atomic E-state index is 0.188. The molecule has 0 N–H and O–H groups in total. The van der Waals surface area contributed by atoms with Gasteiger partial charge in [-0.05, 0) is 48.5 Å². The van der Waals surface area contributed by atoms with Crippen molar-refractivity contribution in [1.29, 1.82) is 0 Å². The van der Waals surface area contributed by atoms with E-state index in [-0.39, 0.29) is 5.56 Å². The predicted molar refractivity (Wildman–Crippen MR) is 97.1 cm³/mol. The molecule has 0 amide bonds. The molecule has 0 aliphatic carbocycles. The van der Waals surface area contributed by atoms with Crippen LogP contribution < -0.4 is 10.3 Å². The largest absolute Gasteiger partial charge is 0.497 e. The molecule has 0 spiro atoms. The fraction of sp³-hybridized carbons (Fsp3) is 0.0500. The van der Waals surface area contributed by atoms with Crippen LogP contribution in [0, 0.1) is 0 Å². The van der Waals surface area contributed by atoms with E-state index in [9.17, 15) is 4.79 Å². The Labute approximate surface area is 144 Å². The number of ether oxygens (including phenoxy) is 1. The van der Waals surface area contributed by atoms with Gasteiger partial charge >= 0.3 is 0 Å². The summed E-state index contributed by atoms with van der Waals surface area (Å²) in [6, 6.07) is 20.5. The Kier molecular flexibility index (Phi) is 3.74. The fourth-order valence-electron chi connectivity index (χ4n) is 2.76. The number of hydrogen-bond donors (Lipinski definition) is 0. The van der Waals surface area contributed by atoms with E-state index < -0.39 is 0 Å². The van der Waals surface area contributed by atoms with Gasteiger partial charge in [0, 0.05) is 11.8 Å². The van der Waals surface area contributed by atoms with Gasteiger partial charge in [-0.15, -0.1) is 0 Å². The van der Waals surface area contributed by atoms with Crippen molar-refractivity contribution in [3.05, 3.63) is 83.3 Å². The molecule has 5 nitrogen and oxygen atoms in total. The first-order valence-electron chi connectivity index (χ1n) is 7.86. The Morgan fingerprint density at radius 1 is 0.920 bits per heavy atom. The highest BCUT2D eigenvalue weighted by molar-refractivity contribution is 5.90. The van der Waals surface area contributed by atoms with Crippen molar-refractivity contribution < 1.29 is 4.74 Å². The first-order valence-corrected chi connectivity index (χ1v) is 7.86. The number of pyridine rings is 1. The summed E-state index contributed by atoms with van der Waals surface area (Å²) in [4.78, 5) is 17.2. The molecule has 122 valence electrons. The summed E-state index contributed by atoms with van der Waals surface area (Å²) < 4.78 is 6.63. The Morgan fingerprint density at radius 2 is 1.68 bits per heavy atom. The van der Waals surface area contributed by atoms with Gasteiger partial charge in [0.15, 0.2) is 0 Å². The smallest absolute Gasteiger partial charge is 0.280 e. The molecule has 4 aromatic rings. The molecule has 0 radical (unpaired) electrons. The normalized spacial score (nSPS) is 10.8. The van der Waals surface area contributed by atoms with E-state index in [1.165, 1.54) is 4.68 Å².